The summed E-state index contributed by atoms with van der Waals surface area (Å²) in [4.78, 5) is 11.0. The summed E-state index contributed by atoms with van der Waals surface area (Å²) >= 11 is 0. The molecule has 2 aromatic rings. The molecule has 1 aliphatic rings. The molecular weight excluding hydrogens is 326 g/mol. The number of fused-ring (bicyclic) bond motifs is 1. The van der Waals surface area contributed by atoms with E-state index in [2.05, 4.69) is 5.32 Å². The van der Waals surface area contributed by atoms with Crippen LogP contribution >= 0.6 is 0 Å². The van der Waals surface area contributed by atoms with Crippen LogP contribution < -0.4 is 24.3 Å². The van der Waals surface area contributed by atoms with Crippen molar-refractivity contribution in [3.63, 3.8) is 0 Å². The second-order valence-electron chi connectivity index (χ2n) is 5.50. The van der Waals surface area contributed by atoms with Gasteiger partial charge in [0, 0.05) is 18.7 Å². The van der Waals surface area contributed by atoms with Crippen molar-refractivity contribution in [2.75, 3.05) is 25.3 Å². The van der Waals surface area contributed by atoms with Gasteiger partial charge in [-0.25, -0.2) is 0 Å². The number of benzene rings is 2. The van der Waals surface area contributed by atoms with Gasteiger partial charge in [0.15, 0.2) is 11.5 Å². The molecule has 3 rings (SSSR count). The minimum Gasteiger partial charge on any atom is -0.491 e. The maximum Gasteiger partial charge on any atom is 0.231 e. The average Bonchev–Trinajstić information content (AvgIpc) is 3.06. The zero-order chi connectivity index (χ0) is 17.6. The fourth-order valence-corrected chi connectivity index (χ4v) is 2.24. The van der Waals surface area contributed by atoms with Crippen LogP contribution in [0.1, 0.15) is 6.92 Å². The standard InChI is InChI=1S/C18H19NO6/c1-12(20)19-13-2-4-15(5-3-13)22-9-14(21)10-23-16-6-7-17-18(8-16)25-11-24-17/h2-8,14,21H,9-11H2,1H3,(H,19,20)/t14-/m0/s1. The molecule has 0 aromatic heterocycles. The molecule has 1 amide bonds. The summed E-state index contributed by atoms with van der Waals surface area (Å²) in [5, 5.41) is 12.6. The number of hydrogen-bond acceptors (Lipinski definition) is 6. The quantitative estimate of drug-likeness (QED) is 0.800. The van der Waals surface area contributed by atoms with Crippen molar-refractivity contribution in [2.45, 2.75) is 13.0 Å². The first-order valence-corrected chi connectivity index (χ1v) is 7.81. The third kappa shape index (κ3) is 4.77. The molecular formula is C18H19NO6. The van der Waals surface area contributed by atoms with E-state index in [0.717, 1.165) is 0 Å². The fraction of sp³-hybridized carbons (Fsp3) is 0.278. The Morgan fingerprint density at radius 3 is 2.44 bits per heavy atom. The minimum atomic E-state index is -0.791. The minimum absolute atomic E-state index is 0.0869. The van der Waals surface area contributed by atoms with Crippen LogP contribution in [-0.4, -0.2) is 37.1 Å². The lowest BCUT2D eigenvalue weighted by atomic mass is 10.3. The Balaban J connectivity index is 1.43. The van der Waals surface area contributed by atoms with Gasteiger partial charge in [-0.1, -0.05) is 0 Å². The maximum absolute atomic E-state index is 11.0. The van der Waals surface area contributed by atoms with Crippen molar-refractivity contribution in [3.8, 4) is 23.0 Å². The molecule has 1 aliphatic heterocycles. The number of nitrogens with one attached hydrogen (secondary N) is 1. The van der Waals surface area contributed by atoms with E-state index in [1.807, 2.05) is 0 Å². The van der Waals surface area contributed by atoms with Gasteiger partial charge in [-0.2, -0.15) is 0 Å². The summed E-state index contributed by atoms with van der Waals surface area (Å²) in [6, 6.07) is 12.1. The number of ether oxygens (including phenoxy) is 4. The van der Waals surface area contributed by atoms with Gasteiger partial charge in [0.2, 0.25) is 12.7 Å². The molecule has 0 fully saturated rings. The van der Waals surface area contributed by atoms with Crippen molar-refractivity contribution in [1.82, 2.24) is 0 Å². The van der Waals surface area contributed by atoms with Gasteiger partial charge in [-0.15, -0.1) is 0 Å². The van der Waals surface area contributed by atoms with Crippen LogP contribution in [0.15, 0.2) is 42.5 Å². The number of carbonyl (C=O) groups is 1. The van der Waals surface area contributed by atoms with E-state index in [-0.39, 0.29) is 25.9 Å². The van der Waals surface area contributed by atoms with Gasteiger partial charge < -0.3 is 29.4 Å². The van der Waals surface area contributed by atoms with Gasteiger partial charge in [0.25, 0.3) is 0 Å². The smallest absolute Gasteiger partial charge is 0.231 e. The summed E-state index contributed by atoms with van der Waals surface area (Å²) in [5.74, 6) is 2.35. The second kappa shape index (κ2) is 7.76. The maximum atomic E-state index is 11.0. The molecule has 25 heavy (non-hydrogen) atoms. The molecule has 7 heteroatoms. The van der Waals surface area contributed by atoms with Crippen LogP contribution in [0.4, 0.5) is 5.69 Å². The lowest BCUT2D eigenvalue weighted by molar-refractivity contribution is -0.114. The lowest BCUT2D eigenvalue weighted by Gasteiger charge is -2.14. The molecule has 7 nitrogen and oxygen atoms in total. The van der Waals surface area contributed by atoms with E-state index in [1.165, 1.54) is 6.92 Å². The highest BCUT2D eigenvalue weighted by Gasteiger charge is 2.14. The first kappa shape index (κ1) is 16.9. The number of aliphatic hydroxyl groups excluding tert-OH is 1. The van der Waals surface area contributed by atoms with Crippen molar-refractivity contribution in [3.05, 3.63) is 42.5 Å². The molecule has 0 unspecified atom stereocenters. The molecule has 0 aliphatic carbocycles. The summed E-state index contributed by atoms with van der Waals surface area (Å²) < 4.78 is 21.5. The zero-order valence-electron chi connectivity index (χ0n) is 13.7. The van der Waals surface area contributed by atoms with E-state index >= 15 is 0 Å². The topological polar surface area (TPSA) is 86.3 Å². The summed E-state index contributed by atoms with van der Waals surface area (Å²) in [7, 11) is 0. The van der Waals surface area contributed by atoms with Crippen LogP contribution in [0.2, 0.25) is 0 Å². The van der Waals surface area contributed by atoms with Crippen molar-refractivity contribution in [2.24, 2.45) is 0 Å². The Labute approximate surface area is 145 Å². The van der Waals surface area contributed by atoms with Gasteiger partial charge in [0.1, 0.15) is 30.8 Å². The highest BCUT2D eigenvalue weighted by molar-refractivity contribution is 5.88. The molecule has 0 spiro atoms. The highest BCUT2D eigenvalue weighted by atomic mass is 16.7. The average molecular weight is 345 g/mol. The molecule has 2 N–H and O–H groups in total. The summed E-state index contributed by atoms with van der Waals surface area (Å²) in [6.45, 7) is 1.82. The number of anilines is 1. The molecule has 1 heterocycles. The first-order valence-electron chi connectivity index (χ1n) is 7.81. The molecule has 0 saturated heterocycles. The zero-order valence-corrected chi connectivity index (χ0v) is 13.7. The Hall–Kier alpha value is -2.93. The van der Waals surface area contributed by atoms with Crippen LogP contribution in [0, 0.1) is 0 Å². The second-order valence-corrected chi connectivity index (χ2v) is 5.50. The lowest BCUT2D eigenvalue weighted by Crippen LogP contribution is -2.25. The van der Waals surface area contributed by atoms with Crippen LogP contribution in [-0.2, 0) is 4.79 Å². The Morgan fingerprint density at radius 1 is 1.08 bits per heavy atom. The third-order valence-electron chi connectivity index (χ3n) is 3.40. The van der Waals surface area contributed by atoms with E-state index in [9.17, 15) is 9.90 Å². The summed E-state index contributed by atoms with van der Waals surface area (Å²) in [6.07, 6.45) is -0.791. The molecule has 0 radical (unpaired) electrons. The van der Waals surface area contributed by atoms with Crippen LogP contribution in [0.3, 0.4) is 0 Å². The van der Waals surface area contributed by atoms with Crippen molar-refractivity contribution < 1.29 is 28.8 Å². The molecule has 132 valence electrons. The molecule has 1 atom stereocenters. The number of rotatable bonds is 7. The Kier molecular flexibility index (Phi) is 5.25. The molecule has 0 bridgehead atoms. The van der Waals surface area contributed by atoms with Gasteiger partial charge in [0.05, 0.1) is 0 Å². The molecule has 0 saturated carbocycles. The van der Waals surface area contributed by atoms with Crippen LogP contribution in [0.25, 0.3) is 0 Å². The first-order chi connectivity index (χ1) is 12.1. The van der Waals surface area contributed by atoms with Crippen molar-refractivity contribution in [1.29, 1.82) is 0 Å². The van der Waals surface area contributed by atoms with Crippen molar-refractivity contribution >= 4 is 11.6 Å². The van der Waals surface area contributed by atoms with Gasteiger partial charge >= 0.3 is 0 Å². The number of amides is 1. The SMILES string of the molecule is CC(=O)Nc1ccc(OC[C@H](O)COc2ccc3c(c2)OCO3)cc1. The largest absolute Gasteiger partial charge is 0.491 e. The molecule has 2 aromatic carbocycles. The number of hydrogen-bond donors (Lipinski definition) is 2. The third-order valence-corrected chi connectivity index (χ3v) is 3.40. The van der Waals surface area contributed by atoms with Gasteiger partial charge in [-0.05, 0) is 36.4 Å². The van der Waals surface area contributed by atoms with E-state index < -0.39 is 6.10 Å². The summed E-state index contributed by atoms with van der Waals surface area (Å²) in [5.41, 5.74) is 0.687. The normalized spacial score (nSPS) is 13.2. The highest BCUT2D eigenvalue weighted by Crippen LogP contribution is 2.35. The van der Waals surface area contributed by atoms with Crippen LogP contribution in [0.5, 0.6) is 23.0 Å². The predicted molar refractivity (Wildman–Crippen MR) is 90.3 cm³/mol. The monoisotopic (exact) mass is 345 g/mol. The van der Waals surface area contributed by atoms with Gasteiger partial charge in [-0.3, -0.25) is 4.79 Å². The Bertz CT molecular complexity index is 731. The predicted octanol–water partition coefficient (Wildman–Crippen LogP) is 2.19. The Morgan fingerprint density at radius 2 is 1.72 bits per heavy atom. The number of carbonyl (C=O) groups excluding carboxylic acids is 1. The number of aliphatic hydroxyl groups is 1. The van der Waals surface area contributed by atoms with E-state index in [0.29, 0.717) is 28.7 Å². The van der Waals surface area contributed by atoms with E-state index in [1.54, 1.807) is 42.5 Å². The fourth-order valence-electron chi connectivity index (χ4n) is 2.24. The van der Waals surface area contributed by atoms with E-state index in [4.69, 9.17) is 18.9 Å².